The van der Waals surface area contributed by atoms with Crippen LogP contribution in [-0.2, 0) is 9.53 Å². The van der Waals surface area contributed by atoms with Crippen molar-refractivity contribution < 1.29 is 28.8 Å². The van der Waals surface area contributed by atoms with Crippen molar-refractivity contribution in [2.24, 2.45) is 4.99 Å². The fourth-order valence-electron chi connectivity index (χ4n) is 4.30. The van der Waals surface area contributed by atoms with Crippen LogP contribution in [0, 0.1) is 3.57 Å². The van der Waals surface area contributed by atoms with Gasteiger partial charge in [0, 0.05) is 0 Å². The molecule has 1 aliphatic heterocycles. The van der Waals surface area contributed by atoms with Crippen molar-refractivity contribution in [2.45, 2.75) is 39.8 Å². The molecule has 0 aliphatic carbocycles. The van der Waals surface area contributed by atoms with Gasteiger partial charge < -0.3 is 24.1 Å². The molecule has 1 N–H and O–H groups in total. The van der Waals surface area contributed by atoms with Crippen molar-refractivity contribution >= 4 is 46.0 Å². The lowest BCUT2D eigenvalue weighted by Crippen LogP contribution is -2.40. The monoisotopic (exact) mass is 664 g/mol. The number of phenols is 1. The number of hydrogen-bond acceptors (Lipinski definition) is 9. The van der Waals surface area contributed by atoms with Crippen molar-refractivity contribution in [1.82, 2.24) is 4.57 Å². The molecule has 0 spiro atoms. The Morgan fingerprint density at radius 3 is 2.54 bits per heavy atom. The third-order valence-electron chi connectivity index (χ3n) is 5.95. The smallest absolute Gasteiger partial charge is 0.338 e. The number of ether oxygens (including phenoxy) is 4. The first-order valence-electron chi connectivity index (χ1n) is 12.2. The van der Waals surface area contributed by atoms with E-state index in [4.69, 9.17) is 18.9 Å². The Kier molecular flexibility index (Phi) is 8.70. The Morgan fingerprint density at radius 1 is 1.18 bits per heavy atom. The Bertz CT molecular complexity index is 1640. The van der Waals surface area contributed by atoms with E-state index >= 15 is 0 Å². The van der Waals surface area contributed by atoms with Gasteiger partial charge in [0.1, 0.15) is 0 Å². The van der Waals surface area contributed by atoms with E-state index in [-0.39, 0.29) is 29.6 Å². The number of carbonyl (C=O) groups is 1. The molecule has 0 saturated carbocycles. The summed E-state index contributed by atoms with van der Waals surface area (Å²) in [4.78, 5) is 32.1. The van der Waals surface area contributed by atoms with Gasteiger partial charge in [-0.15, -0.1) is 0 Å². The Morgan fingerprint density at radius 2 is 1.90 bits per heavy atom. The number of hydrogen-bond donors (Lipinski definition) is 1. The second kappa shape index (κ2) is 11.8. The molecule has 0 amide bonds. The molecular formula is C28H29IN2O7S. The molecule has 206 valence electrons. The normalized spacial score (nSPS) is 15.2. The highest BCUT2D eigenvalue weighted by atomic mass is 127. The van der Waals surface area contributed by atoms with Crippen LogP contribution < -0.4 is 29.1 Å². The van der Waals surface area contributed by atoms with Gasteiger partial charge in [0.25, 0.3) is 5.56 Å². The second-order valence-corrected chi connectivity index (χ2v) is 11.1. The highest BCUT2D eigenvalue weighted by Gasteiger charge is 2.34. The van der Waals surface area contributed by atoms with E-state index in [0.717, 1.165) is 0 Å². The van der Waals surface area contributed by atoms with Gasteiger partial charge >= 0.3 is 5.97 Å². The minimum absolute atomic E-state index is 0.0326. The predicted molar refractivity (Wildman–Crippen MR) is 157 cm³/mol. The SMILES string of the molecule is CCOC(=O)C1=C(C)N=c2s/c(=C\c3cc(I)c(O)c(OC)c3)c(=O)n2[C@@H]1c1ccc(OC(C)C)c(OC)c1. The summed E-state index contributed by atoms with van der Waals surface area (Å²) >= 11 is 3.22. The summed E-state index contributed by atoms with van der Waals surface area (Å²) in [6, 6.07) is 7.96. The summed E-state index contributed by atoms with van der Waals surface area (Å²) in [6.45, 7) is 7.48. The first kappa shape index (κ1) is 28.7. The lowest BCUT2D eigenvalue weighted by Gasteiger charge is -2.25. The lowest BCUT2D eigenvalue weighted by atomic mass is 9.95. The van der Waals surface area contributed by atoms with E-state index in [1.165, 1.54) is 23.0 Å². The summed E-state index contributed by atoms with van der Waals surface area (Å²) in [7, 11) is 3.01. The maximum absolute atomic E-state index is 13.9. The Balaban J connectivity index is 1.95. The van der Waals surface area contributed by atoms with E-state index in [9.17, 15) is 14.7 Å². The molecule has 39 heavy (non-hydrogen) atoms. The Hall–Kier alpha value is -3.32. The number of nitrogens with zero attached hydrogens (tertiary/aromatic N) is 2. The number of aromatic nitrogens is 1. The number of aromatic hydroxyl groups is 1. The lowest BCUT2D eigenvalue weighted by molar-refractivity contribution is -0.139. The maximum atomic E-state index is 13.9. The van der Waals surface area contributed by atoms with Gasteiger partial charge in [0.05, 0.1) is 52.3 Å². The molecule has 11 heteroatoms. The van der Waals surface area contributed by atoms with Gasteiger partial charge in [-0.25, -0.2) is 9.79 Å². The van der Waals surface area contributed by atoms with Crippen LogP contribution in [-0.4, -0.2) is 42.6 Å². The van der Waals surface area contributed by atoms with E-state index in [1.807, 2.05) is 42.5 Å². The fraction of sp³-hybridized carbons (Fsp3) is 0.321. The van der Waals surface area contributed by atoms with Crippen LogP contribution in [0.15, 0.2) is 51.4 Å². The number of phenolic OH excluding ortho intramolecular Hbond substituents is 1. The third kappa shape index (κ3) is 5.69. The van der Waals surface area contributed by atoms with Crippen LogP contribution in [0.1, 0.15) is 44.9 Å². The topological polar surface area (TPSA) is 109 Å². The standard InChI is InChI=1S/C28H29IN2O7S/c1-7-37-27(34)23-15(4)30-28-31(24(23)17-8-9-19(38-14(2)3)20(13-17)35-5)26(33)22(39-28)12-16-10-18(29)25(32)21(11-16)36-6/h8-14,24,32H,7H2,1-6H3/b22-12-/t24-/m1/s1. The number of rotatable bonds is 8. The van der Waals surface area contributed by atoms with Crippen LogP contribution in [0.3, 0.4) is 0 Å². The molecule has 2 heterocycles. The summed E-state index contributed by atoms with van der Waals surface area (Å²) in [6.07, 6.45) is 1.65. The minimum Gasteiger partial charge on any atom is -0.504 e. The van der Waals surface area contributed by atoms with Gasteiger partial charge in [-0.3, -0.25) is 9.36 Å². The molecule has 1 aliphatic rings. The second-order valence-electron chi connectivity index (χ2n) is 8.93. The van der Waals surface area contributed by atoms with Crippen molar-refractivity contribution in [2.75, 3.05) is 20.8 Å². The van der Waals surface area contributed by atoms with Gasteiger partial charge in [-0.05, 0) is 91.8 Å². The predicted octanol–water partition coefficient (Wildman–Crippen LogP) is 3.91. The molecule has 0 fully saturated rings. The van der Waals surface area contributed by atoms with E-state index in [2.05, 4.69) is 4.99 Å². The first-order valence-corrected chi connectivity index (χ1v) is 14.1. The number of fused-ring (bicyclic) bond motifs is 1. The molecule has 3 aromatic rings. The van der Waals surface area contributed by atoms with Crippen LogP contribution in [0.25, 0.3) is 6.08 Å². The first-order chi connectivity index (χ1) is 18.6. The maximum Gasteiger partial charge on any atom is 0.338 e. The van der Waals surface area contributed by atoms with Crippen LogP contribution >= 0.6 is 33.9 Å². The van der Waals surface area contributed by atoms with Gasteiger partial charge in [0.2, 0.25) is 0 Å². The zero-order valence-electron chi connectivity index (χ0n) is 22.4. The number of carbonyl (C=O) groups excluding carboxylic acids is 1. The largest absolute Gasteiger partial charge is 0.504 e. The van der Waals surface area contributed by atoms with E-state index < -0.39 is 12.0 Å². The molecular weight excluding hydrogens is 635 g/mol. The fourth-order valence-corrected chi connectivity index (χ4v) is 5.97. The highest BCUT2D eigenvalue weighted by molar-refractivity contribution is 14.1. The number of methoxy groups -OCH3 is 2. The van der Waals surface area contributed by atoms with Crippen LogP contribution in [0.5, 0.6) is 23.0 Å². The van der Waals surface area contributed by atoms with Crippen molar-refractivity contribution in [1.29, 1.82) is 0 Å². The van der Waals surface area contributed by atoms with E-state index in [0.29, 0.717) is 47.0 Å². The average molecular weight is 665 g/mol. The van der Waals surface area contributed by atoms with Crippen LogP contribution in [0.2, 0.25) is 0 Å². The molecule has 2 aromatic carbocycles. The third-order valence-corrected chi connectivity index (χ3v) is 7.76. The number of esters is 1. The highest BCUT2D eigenvalue weighted by Crippen LogP contribution is 2.37. The zero-order valence-corrected chi connectivity index (χ0v) is 25.4. The number of thiazole rings is 1. The van der Waals surface area contributed by atoms with Gasteiger partial charge in [-0.2, -0.15) is 0 Å². The van der Waals surface area contributed by atoms with E-state index in [1.54, 1.807) is 51.3 Å². The van der Waals surface area contributed by atoms with Crippen molar-refractivity contribution in [3.8, 4) is 23.0 Å². The molecule has 1 atom stereocenters. The molecule has 9 nitrogen and oxygen atoms in total. The van der Waals surface area contributed by atoms with Gasteiger partial charge in [-0.1, -0.05) is 17.4 Å². The molecule has 4 rings (SSSR count). The molecule has 0 saturated heterocycles. The zero-order chi connectivity index (χ0) is 28.4. The Labute approximate surface area is 243 Å². The summed E-state index contributed by atoms with van der Waals surface area (Å²) < 4.78 is 24.6. The van der Waals surface area contributed by atoms with Crippen LogP contribution in [0.4, 0.5) is 0 Å². The summed E-state index contributed by atoms with van der Waals surface area (Å²) in [5.41, 5.74) is 1.74. The molecule has 0 bridgehead atoms. The molecule has 1 aromatic heterocycles. The number of halogens is 1. The minimum atomic E-state index is -0.793. The average Bonchev–Trinajstić information content (AvgIpc) is 3.19. The molecule has 0 radical (unpaired) electrons. The summed E-state index contributed by atoms with van der Waals surface area (Å²) in [5, 5.41) is 10.2. The summed E-state index contributed by atoms with van der Waals surface area (Å²) in [5.74, 6) is 0.822. The molecule has 0 unspecified atom stereocenters. The quantitative estimate of drug-likeness (QED) is 0.288. The number of allylic oxidation sites excluding steroid dienone is 1. The van der Waals surface area contributed by atoms with Gasteiger partial charge in [0.15, 0.2) is 27.8 Å². The van der Waals surface area contributed by atoms with Crippen molar-refractivity contribution in [3.05, 3.63) is 76.0 Å². The van der Waals surface area contributed by atoms with Crippen molar-refractivity contribution in [3.63, 3.8) is 0 Å². The number of benzene rings is 2.